The first-order valence-corrected chi connectivity index (χ1v) is 6.37. The smallest absolute Gasteiger partial charge is 0.323 e. The summed E-state index contributed by atoms with van der Waals surface area (Å²) in [6.07, 6.45) is 3.70. The van der Waals surface area contributed by atoms with Crippen LogP contribution in [0.4, 0.5) is 0 Å². The number of esters is 1. The highest BCUT2D eigenvalue weighted by molar-refractivity contribution is 5.85. The number of nitrogens with zero attached hydrogens (tertiary/aromatic N) is 1. The normalized spacial score (nSPS) is 30.2. The number of ether oxygens (including phenoxy) is 1. The first-order chi connectivity index (χ1) is 7.70. The van der Waals surface area contributed by atoms with E-state index in [1.807, 2.05) is 13.8 Å². The molecule has 3 atom stereocenters. The molecule has 2 saturated heterocycles. The van der Waals surface area contributed by atoms with Gasteiger partial charge in [-0.25, -0.2) is 0 Å². The number of carbonyl (C=O) groups is 1. The van der Waals surface area contributed by atoms with Gasteiger partial charge in [0.05, 0.1) is 6.61 Å². The monoisotopic (exact) mass is 262 g/mol. The molecule has 0 amide bonds. The van der Waals surface area contributed by atoms with Crippen molar-refractivity contribution in [3.05, 3.63) is 0 Å². The first-order valence-electron chi connectivity index (χ1n) is 6.37. The molecule has 0 aromatic heterocycles. The summed E-state index contributed by atoms with van der Waals surface area (Å²) in [5.74, 6) is -0.0831. The number of rotatable bonds is 3. The molecule has 0 spiro atoms. The van der Waals surface area contributed by atoms with Crippen molar-refractivity contribution in [2.45, 2.75) is 51.2 Å². The van der Waals surface area contributed by atoms with E-state index in [0.29, 0.717) is 18.7 Å². The zero-order valence-corrected chi connectivity index (χ0v) is 11.5. The first kappa shape index (κ1) is 14.7. The number of hydrogen-bond acceptors (Lipinski definition) is 4. The fourth-order valence-electron chi connectivity index (χ4n) is 2.73. The van der Waals surface area contributed by atoms with Gasteiger partial charge in [-0.2, -0.15) is 0 Å². The molecule has 0 saturated carbocycles. The maximum Gasteiger partial charge on any atom is 0.323 e. The van der Waals surface area contributed by atoms with Gasteiger partial charge in [0.2, 0.25) is 0 Å². The van der Waals surface area contributed by atoms with Crippen LogP contribution in [0.2, 0.25) is 0 Å². The topological polar surface area (TPSA) is 41.6 Å². The van der Waals surface area contributed by atoms with Crippen molar-refractivity contribution in [2.24, 2.45) is 0 Å². The van der Waals surface area contributed by atoms with Gasteiger partial charge in [0, 0.05) is 25.2 Å². The average molecular weight is 263 g/mol. The zero-order valence-electron chi connectivity index (χ0n) is 10.6. The largest absolute Gasteiger partial charge is 0.465 e. The van der Waals surface area contributed by atoms with Crippen molar-refractivity contribution in [3.8, 4) is 0 Å². The fourth-order valence-corrected chi connectivity index (χ4v) is 2.73. The quantitative estimate of drug-likeness (QED) is 0.776. The molecule has 2 aliphatic rings. The Balaban J connectivity index is 0.00000144. The maximum absolute atomic E-state index is 11.7. The van der Waals surface area contributed by atoms with Gasteiger partial charge < -0.3 is 10.1 Å². The molecule has 1 N–H and O–H groups in total. The van der Waals surface area contributed by atoms with Crippen LogP contribution in [0.5, 0.6) is 0 Å². The maximum atomic E-state index is 11.7. The van der Waals surface area contributed by atoms with Gasteiger partial charge in [-0.3, -0.25) is 9.69 Å². The van der Waals surface area contributed by atoms with Crippen molar-refractivity contribution in [2.75, 3.05) is 19.7 Å². The molecule has 4 nitrogen and oxygen atoms in total. The van der Waals surface area contributed by atoms with Crippen molar-refractivity contribution in [3.63, 3.8) is 0 Å². The van der Waals surface area contributed by atoms with Gasteiger partial charge in [-0.1, -0.05) is 0 Å². The molecule has 17 heavy (non-hydrogen) atoms. The third-order valence-electron chi connectivity index (χ3n) is 3.73. The van der Waals surface area contributed by atoms with Crippen LogP contribution in [0, 0.1) is 0 Å². The molecule has 0 aromatic carbocycles. The van der Waals surface area contributed by atoms with E-state index in [0.717, 1.165) is 19.5 Å². The number of carbonyl (C=O) groups excluding carboxylic acids is 1. The Kier molecular flexibility index (Phi) is 5.70. The molecule has 0 radical (unpaired) electrons. The van der Waals surface area contributed by atoms with Gasteiger partial charge >= 0.3 is 5.97 Å². The SMILES string of the molecule is CCOC(=O)C(C)N1CCC2CCC(C1)N2.Cl. The molecular formula is C12H23ClN2O2. The third-order valence-corrected chi connectivity index (χ3v) is 3.73. The molecule has 2 bridgehead atoms. The molecule has 2 fully saturated rings. The molecule has 0 aromatic rings. The third kappa shape index (κ3) is 3.57. The number of halogens is 1. The Bertz CT molecular complexity index is 263. The summed E-state index contributed by atoms with van der Waals surface area (Å²) in [6.45, 7) is 6.28. The second kappa shape index (κ2) is 6.57. The summed E-state index contributed by atoms with van der Waals surface area (Å²) in [6, 6.07) is 1.15. The highest BCUT2D eigenvalue weighted by atomic mass is 35.5. The van der Waals surface area contributed by atoms with E-state index < -0.39 is 0 Å². The summed E-state index contributed by atoms with van der Waals surface area (Å²) < 4.78 is 5.08. The van der Waals surface area contributed by atoms with E-state index in [1.54, 1.807) is 0 Å². The Morgan fingerprint density at radius 2 is 2.12 bits per heavy atom. The minimum absolute atomic E-state index is 0. The Morgan fingerprint density at radius 1 is 1.41 bits per heavy atom. The van der Waals surface area contributed by atoms with E-state index in [4.69, 9.17) is 4.74 Å². The van der Waals surface area contributed by atoms with Crippen molar-refractivity contribution in [1.82, 2.24) is 10.2 Å². The lowest BCUT2D eigenvalue weighted by Crippen LogP contribution is -2.44. The molecule has 3 unspecified atom stereocenters. The van der Waals surface area contributed by atoms with Crippen LogP contribution >= 0.6 is 12.4 Å². The van der Waals surface area contributed by atoms with Crippen molar-refractivity contribution >= 4 is 18.4 Å². The molecule has 0 aliphatic carbocycles. The highest BCUT2D eigenvalue weighted by Gasteiger charge is 2.33. The number of hydrogen-bond donors (Lipinski definition) is 1. The fraction of sp³-hybridized carbons (Fsp3) is 0.917. The second-order valence-electron chi connectivity index (χ2n) is 4.85. The van der Waals surface area contributed by atoms with E-state index in [9.17, 15) is 4.79 Å². The van der Waals surface area contributed by atoms with Gasteiger partial charge in [-0.15, -0.1) is 12.4 Å². The van der Waals surface area contributed by atoms with E-state index >= 15 is 0 Å². The predicted molar refractivity (Wildman–Crippen MR) is 69.5 cm³/mol. The molecule has 5 heteroatoms. The van der Waals surface area contributed by atoms with E-state index in [2.05, 4.69) is 10.2 Å². The Morgan fingerprint density at radius 3 is 2.82 bits per heavy atom. The van der Waals surface area contributed by atoms with Crippen LogP contribution < -0.4 is 5.32 Å². The van der Waals surface area contributed by atoms with Crippen LogP contribution in [0.15, 0.2) is 0 Å². The summed E-state index contributed by atoms with van der Waals surface area (Å²) in [4.78, 5) is 13.9. The van der Waals surface area contributed by atoms with Crippen molar-refractivity contribution < 1.29 is 9.53 Å². The molecule has 100 valence electrons. The van der Waals surface area contributed by atoms with Crippen LogP contribution in [0.1, 0.15) is 33.1 Å². The number of fused-ring (bicyclic) bond motifs is 2. The number of nitrogens with one attached hydrogen (secondary N) is 1. The van der Waals surface area contributed by atoms with Crippen LogP contribution in [0.3, 0.4) is 0 Å². The standard InChI is InChI=1S/C12H22N2O2.ClH/c1-3-16-12(15)9(2)14-7-6-10-4-5-11(8-14)13-10;/h9-11,13H,3-8H2,1-2H3;1H. The van der Waals surface area contributed by atoms with Gasteiger partial charge in [0.15, 0.2) is 0 Å². The molecular weight excluding hydrogens is 240 g/mol. The summed E-state index contributed by atoms with van der Waals surface area (Å²) in [5, 5.41) is 3.61. The van der Waals surface area contributed by atoms with Gasteiger partial charge in [0.1, 0.15) is 6.04 Å². The van der Waals surface area contributed by atoms with E-state index in [-0.39, 0.29) is 24.4 Å². The Labute approximate surface area is 109 Å². The second-order valence-corrected chi connectivity index (χ2v) is 4.85. The lowest BCUT2D eigenvalue weighted by Gasteiger charge is -2.28. The highest BCUT2D eigenvalue weighted by Crippen LogP contribution is 2.21. The average Bonchev–Trinajstić information content (AvgIpc) is 2.58. The summed E-state index contributed by atoms with van der Waals surface area (Å²) in [7, 11) is 0. The predicted octanol–water partition coefficient (Wildman–Crippen LogP) is 1.19. The molecule has 2 heterocycles. The van der Waals surface area contributed by atoms with Gasteiger partial charge in [0.25, 0.3) is 0 Å². The Hall–Kier alpha value is -0.320. The van der Waals surface area contributed by atoms with Crippen LogP contribution in [0.25, 0.3) is 0 Å². The lowest BCUT2D eigenvalue weighted by molar-refractivity contribution is -0.148. The van der Waals surface area contributed by atoms with Crippen LogP contribution in [-0.2, 0) is 9.53 Å². The zero-order chi connectivity index (χ0) is 11.5. The molecule has 2 aliphatic heterocycles. The number of likely N-dealkylation sites (tertiary alicyclic amines) is 1. The molecule has 2 rings (SSSR count). The summed E-state index contributed by atoms with van der Waals surface area (Å²) in [5.41, 5.74) is 0. The van der Waals surface area contributed by atoms with Crippen molar-refractivity contribution in [1.29, 1.82) is 0 Å². The summed E-state index contributed by atoms with van der Waals surface area (Å²) >= 11 is 0. The minimum Gasteiger partial charge on any atom is -0.465 e. The lowest BCUT2D eigenvalue weighted by atomic mass is 10.1. The van der Waals surface area contributed by atoms with Crippen LogP contribution in [-0.4, -0.2) is 48.7 Å². The van der Waals surface area contributed by atoms with Gasteiger partial charge in [-0.05, 0) is 33.1 Å². The van der Waals surface area contributed by atoms with E-state index in [1.165, 1.54) is 12.8 Å². The minimum atomic E-state index is -0.0962.